The van der Waals surface area contributed by atoms with Gasteiger partial charge in [0.2, 0.25) is 0 Å². The first-order chi connectivity index (χ1) is 14.4. The summed E-state index contributed by atoms with van der Waals surface area (Å²) in [6.45, 7) is 8.29. The molecule has 0 radical (unpaired) electrons. The molecule has 3 amide bonds. The van der Waals surface area contributed by atoms with E-state index in [2.05, 4.69) is 16.7 Å². The van der Waals surface area contributed by atoms with Gasteiger partial charge >= 0.3 is 11.9 Å². The van der Waals surface area contributed by atoms with Gasteiger partial charge in [0, 0.05) is 50.9 Å². The third kappa shape index (κ3) is 3.75. The summed E-state index contributed by atoms with van der Waals surface area (Å²) in [4.78, 5) is 37.7. The molecule has 2 fully saturated rings. The lowest BCUT2D eigenvalue weighted by molar-refractivity contribution is -0.552. The number of halogens is 1. The lowest BCUT2D eigenvalue weighted by atomic mass is 10.1. The van der Waals surface area contributed by atoms with Crippen molar-refractivity contribution in [3.05, 3.63) is 34.9 Å². The number of imide groups is 1. The highest BCUT2D eigenvalue weighted by Crippen LogP contribution is 2.23. The molecule has 3 aliphatic rings. The minimum absolute atomic E-state index is 0.255. The Kier molecular flexibility index (Phi) is 5.90. The Bertz CT molecular complexity index is 922. The standard InChI is InChI=1S/C21H28ClN6O2/c1-4-26-9-11-27(12-10-26)14-17-23-19-18(20(29)25(3)21(30)24(19)2)28(17)13-15-7-5-6-8-16(15)22/h5-8,18H,4,9-14H2,1-3H3/q+1. The van der Waals surface area contributed by atoms with E-state index in [4.69, 9.17) is 16.6 Å². The topological polar surface area (TPSA) is 62.5 Å². The molecule has 4 rings (SSSR count). The zero-order chi connectivity index (χ0) is 21.4. The van der Waals surface area contributed by atoms with Gasteiger partial charge in [-0.1, -0.05) is 36.7 Å². The predicted octanol–water partition coefficient (Wildman–Crippen LogP) is 1.19. The Hall–Kier alpha value is -2.29. The molecule has 0 N–H and O–H groups in total. The van der Waals surface area contributed by atoms with Gasteiger partial charge in [0.25, 0.3) is 17.8 Å². The highest BCUT2D eigenvalue weighted by Gasteiger charge is 2.53. The van der Waals surface area contributed by atoms with Crippen LogP contribution in [0.3, 0.4) is 0 Å². The molecule has 2 saturated heterocycles. The molecule has 3 aliphatic heterocycles. The molecule has 0 bridgehead atoms. The molecule has 0 saturated carbocycles. The van der Waals surface area contributed by atoms with Crippen LogP contribution in [0.2, 0.25) is 5.02 Å². The summed E-state index contributed by atoms with van der Waals surface area (Å²) in [6.07, 6.45) is 0. The van der Waals surface area contributed by atoms with Crippen molar-refractivity contribution in [2.75, 3.05) is 53.4 Å². The van der Waals surface area contributed by atoms with Crippen molar-refractivity contribution in [2.24, 2.45) is 4.99 Å². The monoisotopic (exact) mass is 431 g/mol. The van der Waals surface area contributed by atoms with E-state index in [0.717, 1.165) is 44.1 Å². The van der Waals surface area contributed by atoms with E-state index in [1.807, 2.05) is 28.8 Å². The fraction of sp³-hybridized carbons (Fsp3) is 0.524. The summed E-state index contributed by atoms with van der Waals surface area (Å²) in [5, 5.41) is 0.655. The number of aliphatic imine (C=N–C) groups is 1. The highest BCUT2D eigenvalue weighted by atomic mass is 35.5. The van der Waals surface area contributed by atoms with E-state index in [1.165, 1.54) is 16.8 Å². The Labute approximate surface area is 182 Å². The molecule has 1 unspecified atom stereocenters. The van der Waals surface area contributed by atoms with Crippen LogP contribution in [-0.4, -0.2) is 107 Å². The van der Waals surface area contributed by atoms with Crippen molar-refractivity contribution in [1.82, 2.24) is 19.6 Å². The second-order valence-corrected chi connectivity index (χ2v) is 8.36. The van der Waals surface area contributed by atoms with Crippen LogP contribution in [0.25, 0.3) is 0 Å². The number of rotatable bonds is 5. The van der Waals surface area contributed by atoms with Crippen LogP contribution in [0.15, 0.2) is 29.3 Å². The van der Waals surface area contributed by atoms with Crippen LogP contribution >= 0.6 is 11.6 Å². The average Bonchev–Trinajstić information content (AvgIpc) is 3.11. The van der Waals surface area contributed by atoms with Gasteiger partial charge < -0.3 is 4.90 Å². The Balaban J connectivity index is 1.67. The molecule has 1 aromatic carbocycles. The third-order valence-electron chi connectivity index (χ3n) is 6.19. The maximum absolute atomic E-state index is 13.1. The second kappa shape index (κ2) is 8.45. The molecular weight excluding hydrogens is 404 g/mol. The quantitative estimate of drug-likeness (QED) is 0.657. The second-order valence-electron chi connectivity index (χ2n) is 7.96. The van der Waals surface area contributed by atoms with Gasteiger partial charge in [0.1, 0.15) is 13.1 Å². The molecule has 1 aromatic rings. The molecule has 30 heavy (non-hydrogen) atoms. The normalized spacial score (nSPS) is 23.3. The van der Waals surface area contributed by atoms with Crippen molar-refractivity contribution < 1.29 is 14.2 Å². The summed E-state index contributed by atoms with van der Waals surface area (Å²) in [5.74, 6) is 1.05. The van der Waals surface area contributed by atoms with E-state index in [1.54, 1.807) is 7.05 Å². The van der Waals surface area contributed by atoms with E-state index in [9.17, 15) is 9.59 Å². The number of carbonyl (C=O) groups excluding carboxylic acids is 2. The number of nitrogens with zero attached hydrogens (tertiary/aromatic N) is 6. The zero-order valence-corrected chi connectivity index (χ0v) is 18.5. The fourth-order valence-electron chi connectivity index (χ4n) is 4.23. The number of carbonyl (C=O) groups is 2. The number of hydrogen-bond acceptors (Lipinski definition) is 5. The van der Waals surface area contributed by atoms with Crippen LogP contribution in [0.1, 0.15) is 12.5 Å². The molecular formula is C21H28ClN6O2+. The Morgan fingerprint density at radius 1 is 1.07 bits per heavy atom. The first kappa shape index (κ1) is 21.0. The molecule has 1 atom stereocenters. The zero-order valence-electron chi connectivity index (χ0n) is 17.7. The lowest BCUT2D eigenvalue weighted by Gasteiger charge is -2.33. The Morgan fingerprint density at radius 2 is 1.73 bits per heavy atom. The first-order valence-corrected chi connectivity index (χ1v) is 10.7. The van der Waals surface area contributed by atoms with Crippen LogP contribution in [0.4, 0.5) is 4.79 Å². The van der Waals surface area contributed by atoms with Gasteiger partial charge in [0.05, 0.1) is 0 Å². The number of likely N-dealkylation sites (N-methyl/N-ethyl adjacent to an activating group) is 3. The largest absolute Gasteiger partial charge is 0.333 e. The van der Waals surface area contributed by atoms with Crippen LogP contribution in [0, 0.1) is 0 Å². The number of urea groups is 1. The van der Waals surface area contributed by atoms with Gasteiger partial charge in [-0.05, 0) is 17.6 Å². The summed E-state index contributed by atoms with van der Waals surface area (Å²) in [7, 11) is 3.20. The predicted molar refractivity (Wildman–Crippen MR) is 116 cm³/mol. The van der Waals surface area contributed by atoms with Gasteiger partial charge in [-0.25, -0.2) is 9.37 Å². The lowest BCUT2D eigenvalue weighted by Crippen LogP contribution is -2.61. The van der Waals surface area contributed by atoms with E-state index in [-0.39, 0.29) is 11.9 Å². The van der Waals surface area contributed by atoms with Crippen LogP contribution in [0.5, 0.6) is 0 Å². The van der Waals surface area contributed by atoms with Gasteiger partial charge in [-0.3, -0.25) is 19.5 Å². The van der Waals surface area contributed by atoms with Crippen molar-refractivity contribution in [3.8, 4) is 0 Å². The molecule has 160 valence electrons. The molecule has 3 heterocycles. The SMILES string of the molecule is CCN1CCN(CC2=[N+](Cc3ccccc3Cl)C3C(=O)N(C)C(=O)N(C)C3=N2)CC1. The highest BCUT2D eigenvalue weighted by molar-refractivity contribution is 6.31. The minimum Gasteiger partial charge on any atom is -0.301 e. The maximum atomic E-state index is 13.1. The number of benzene rings is 1. The molecule has 0 aliphatic carbocycles. The summed E-state index contributed by atoms with van der Waals surface area (Å²) in [5.41, 5.74) is 0.930. The molecule has 0 spiro atoms. The minimum atomic E-state index is -0.610. The first-order valence-electron chi connectivity index (χ1n) is 10.3. The van der Waals surface area contributed by atoms with Crippen LogP contribution in [-0.2, 0) is 11.3 Å². The molecule has 0 aromatic heterocycles. The summed E-state index contributed by atoms with van der Waals surface area (Å²) in [6, 6.07) is 6.67. The number of piperazine rings is 1. The number of amidine groups is 2. The molecule has 9 heteroatoms. The van der Waals surface area contributed by atoms with E-state index in [0.29, 0.717) is 23.9 Å². The van der Waals surface area contributed by atoms with Crippen molar-refractivity contribution in [1.29, 1.82) is 0 Å². The van der Waals surface area contributed by atoms with Gasteiger partial charge in [-0.2, -0.15) is 0 Å². The molecule has 8 nitrogen and oxygen atoms in total. The Morgan fingerprint density at radius 3 is 2.40 bits per heavy atom. The third-order valence-corrected chi connectivity index (χ3v) is 6.56. The summed E-state index contributed by atoms with van der Waals surface area (Å²) >= 11 is 6.42. The number of hydrogen-bond donors (Lipinski definition) is 0. The summed E-state index contributed by atoms with van der Waals surface area (Å²) < 4.78 is 2.00. The van der Waals surface area contributed by atoms with Crippen molar-refractivity contribution in [2.45, 2.75) is 19.5 Å². The van der Waals surface area contributed by atoms with Crippen molar-refractivity contribution in [3.63, 3.8) is 0 Å². The van der Waals surface area contributed by atoms with Crippen molar-refractivity contribution >= 4 is 35.2 Å². The van der Waals surface area contributed by atoms with Gasteiger partial charge in [-0.15, -0.1) is 0 Å². The van der Waals surface area contributed by atoms with Gasteiger partial charge in [0.15, 0.2) is 0 Å². The fourth-order valence-corrected chi connectivity index (χ4v) is 4.43. The smallest absolute Gasteiger partial charge is 0.301 e. The van der Waals surface area contributed by atoms with E-state index < -0.39 is 6.04 Å². The van der Waals surface area contributed by atoms with Crippen LogP contribution < -0.4 is 0 Å². The van der Waals surface area contributed by atoms with E-state index >= 15 is 0 Å². The number of amides is 3. The maximum Gasteiger partial charge on any atom is 0.333 e. The average molecular weight is 432 g/mol. The number of fused-ring (bicyclic) bond motifs is 1.